The molecule has 0 radical (unpaired) electrons. The molecule has 0 atom stereocenters. The Labute approximate surface area is 143 Å². The lowest BCUT2D eigenvalue weighted by Gasteiger charge is -2.19. The van der Waals surface area contributed by atoms with Crippen molar-refractivity contribution in [3.05, 3.63) is 58.3 Å². The van der Waals surface area contributed by atoms with Crippen molar-refractivity contribution in [1.29, 1.82) is 0 Å². The van der Waals surface area contributed by atoms with Gasteiger partial charge in [0.1, 0.15) is 0 Å². The van der Waals surface area contributed by atoms with Gasteiger partial charge < -0.3 is 4.98 Å². The number of fused-ring (bicyclic) bond motifs is 1. The molecule has 0 aliphatic carbocycles. The summed E-state index contributed by atoms with van der Waals surface area (Å²) in [4.78, 5) is 3.48. The van der Waals surface area contributed by atoms with E-state index in [0.717, 1.165) is 38.7 Å². The van der Waals surface area contributed by atoms with Crippen LogP contribution in [-0.2, 0) is 10.0 Å². The zero-order valence-electron chi connectivity index (χ0n) is 14.6. The fourth-order valence-corrected chi connectivity index (χ4v) is 4.92. The van der Waals surface area contributed by atoms with Crippen molar-refractivity contribution in [3.8, 4) is 0 Å². The van der Waals surface area contributed by atoms with Gasteiger partial charge in [0.25, 0.3) is 10.0 Å². The normalized spacial score (nSPS) is 11.9. The van der Waals surface area contributed by atoms with Crippen LogP contribution in [0.1, 0.15) is 27.8 Å². The maximum absolute atomic E-state index is 13.1. The van der Waals surface area contributed by atoms with Gasteiger partial charge >= 0.3 is 0 Å². The minimum absolute atomic E-state index is 0.385. The van der Waals surface area contributed by atoms with Gasteiger partial charge in [0.05, 0.1) is 10.6 Å². The SMILES string of the molecule is Cc1c(C)c(C)c(S(=O)(=O)Nc2cccc3[nH]ccc23)c(C)c1C. The first-order chi connectivity index (χ1) is 11.2. The lowest BCUT2D eigenvalue weighted by molar-refractivity contribution is 0.599. The van der Waals surface area contributed by atoms with E-state index in [0.29, 0.717) is 10.6 Å². The van der Waals surface area contributed by atoms with Crippen LogP contribution in [0.3, 0.4) is 0 Å². The summed E-state index contributed by atoms with van der Waals surface area (Å²) in [6.45, 7) is 9.74. The molecule has 2 aromatic carbocycles. The molecule has 0 fully saturated rings. The molecule has 3 aromatic rings. The number of aromatic nitrogens is 1. The summed E-state index contributed by atoms with van der Waals surface area (Å²) in [5.74, 6) is 0. The van der Waals surface area contributed by atoms with Crippen molar-refractivity contribution in [2.24, 2.45) is 0 Å². The number of hydrogen-bond acceptors (Lipinski definition) is 2. The average Bonchev–Trinajstić information content (AvgIpc) is 3.00. The summed E-state index contributed by atoms with van der Waals surface area (Å²) in [7, 11) is -3.67. The third kappa shape index (κ3) is 2.49. The zero-order valence-corrected chi connectivity index (χ0v) is 15.4. The van der Waals surface area contributed by atoms with E-state index in [9.17, 15) is 8.42 Å². The summed E-state index contributed by atoms with van der Waals surface area (Å²) < 4.78 is 29.0. The minimum atomic E-state index is -3.67. The van der Waals surface area contributed by atoms with E-state index < -0.39 is 10.0 Å². The molecule has 0 unspecified atom stereocenters. The summed E-state index contributed by atoms with van der Waals surface area (Å²) in [6.07, 6.45) is 1.80. The molecule has 24 heavy (non-hydrogen) atoms. The van der Waals surface area contributed by atoms with Crippen molar-refractivity contribution in [2.45, 2.75) is 39.5 Å². The molecule has 1 heterocycles. The highest BCUT2D eigenvalue weighted by Gasteiger charge is 2.24. The number of hydrogen-bond donors (Lipinski definition) is 2. The second-order valence-corrected chi connectivity index (χ2v) is 7.92. The highest BCUT2D eigenvalue weighted by Crippen LogP contribution is 2.32. The Kier molecular flexibility index (Phi) is 3.92. The fraction of sp³-hybridized carbons (Fsp3) is 0.263. The molecule has 0 saturated carbocycles. The molecule has 0 aliphatic heterocycles. The first kappa shape index (κ1) is 16.6. The largest absolute Gasteiger partial charge is 0.361 e. The van der Waals surface area contributed by atoms with E-state index in [-0.39, 0.29) is 0 Å². The summed E-state index contributed by atoms with van der Waals surface area (Å²) in [5.41, 5.74) is 6.31. The first-order valence-corrected chi connectivity index (χ1v) is 9.38. The van der Waals surface area contributed by atoms with Crippen LogP contribution in [0.4, 0.5) is 5.69 Å². The minimum Gasteiger partial charge on any atom is -0.361 e. The predicted octanol–water partition coefficient (Wildman–Crippen LogP) is 4.51. The molecule has 0 bridgehead atoms. The van der Waals surface area contributed by atoms with Crippen LogP contribution in [-0.4, -0.2) is 13.4 Å². The van der Waals surface area contributed by atoms with Crippen LogP contribution in [0.2, 0.25) is 0 Å². The number of aromatic amines is 1. The first-order valence-electron chi connectivity index (χ1n) is 7.90. The maximum Gasteiger partial charge on any atom is 0.262 e. The molecule has 3 rings (SSSR count). The Balaban J connectivity index is 2.18. The van der Waals surface area contributed by atoms with Gasteiger partial charge in [-0.05, 0) is 80.6 Å². The third-order valence-electron chi connectivity index (χ3n) is 5.04. The molecule has 0 spiro atoms. The number of anilines is 1. The maximum atomic E-state index is 13.1. The lowest BCUT2D eigenvalue weighted by Crippen LogP contribution is -2.17. The van der Waals surface area contributed by atoms with Gasteiger partial charge in [-0.25, -0.2) is 8.42 Å². The molecule has 0 saturated heterocycles. The van der Waals surface area contributed by atoms with Gasteiger partial charge in [0.2, 0.25) is 0 Å². The third-order valence-corrected chi connectivity index (χ3v) is 6.68. The monoisotopic (exact) mass is 342 g/mol. The van der Waals surface area contributed by atoms with Gasteiger partial charge in [0, 0.05) is 17.1 Å². The molecule has 0 amide bonds. The Bertz CT molecular complexity index is 1020. The van der Waals surface area contributed by atoms with Crippen LogP contribution in [0.5, 0.6) is 0 Å². The number of H-pyrrole nitrogens is 1. The number of nitrogens with one attached hydrogen (secondary N) is 2. The van der Waals surface area contributed by atoms with Crippen LogP contribution < -0.4 is 4.72 Å². The molecular weight excluding hydrogens is 320 g/mol. The van der Waals surface area contributed by atoms with E-state index in [1.54, 1.807) is 12.3 Å². The average molecular weight is 342 g/mol. The number of sulfonamides is 1. The van der Waals surface area contributed by atoms with E-state index >= 15 is 0 Å². The molecule has 4 nitrogen and oxygen atoms in total. The molecular formula is C19H22N2O2S. The second kappa shape index (κ2) is 5.67. The van der Waals surface area contributed by atoms with Crippen LogP contribution >= 0.6 is 0 Å². The highest BCUT2D eigenvalue weighted by atomic mass is 32.2. The Morgan fingerprint density at radius 3 is 2.04 bits per heavy atom. The van der Waals surface area contributed by atoms with Gasteiger partial charge in [-0.15, -0.1) is 0 Å². The van der Waals surface area contributed by atoms with Crippen LogP contribution in [0, 0.1) is 34.6 Å². The Morgan fingerprint density at radius 1 is 0.833 bits per heavy atom. The van der Waals surface area contributed by atoms with E-state index in [1.165, 1.54) is 0 Å². The Hall–Kier alpha value is -2.27. The van der Waals surface area contributed by atoms with E-state index in [4.69, 9.17) is 0 Å². The smallest absolute Gasteiger partial charge is 0.262 e. The summed E-state index contributed by atoms with van der Waals surface area (Å²) in [5, 5.41) is 0.858. The van der Waals surface area contributed by atoms with E-state index in [2.05, 4.69) is 9.71 Å². The fourth-order valence-electron chi connectivity index (χ4n) is 3.24. The predicted molar refractivity (Wildman–Crippen MR) is 99.2 cm³/mol. The van der Waals surface area contributed by atoms with Gasteiger partial charge in [-0.3, -0.25) is 4.72 Å². The number of benzene rings is 2. The van der Waals surface area contributed by atoms with Gasteiger partial charge in [-0.1, -0.05) is 6.07 Å². The molecule has 1 aromatic heterocycles. The summed E-state index contributed by atoms with van der Waals surface area (Å²) in [6, 6.07) is 7.41. The van der Waals surface area contributed by atoms with Crippen LogP contribution in [0.25, 0.3) is 10.9 Å². The zero-order chi connectivity index (χ0) is 17.6. The highest BCUT2D eigenvalue weighted by molar-refractivity contribution is 7.92. The van der Waals surface area contributed by atoms with Crippen molar-refractivity contribution >= 4 is 26.6 Å². The molecule has 2 N–H and O–H groups in total. The molecule has 5 heteroatoms. The quantitative estimate of drug-likeness (QED) is 0.735. The van der Waals surface area contributed by atoms with Crippen molar-refractivity contribution in [3.63, 3.8) is 0 Å². The van der Waals surface area contributed by atoms with Crippen molar-refractivity contribution in [1.82, 2.24) is 4.98 Å². The second-order valence-electron chi connectivity index (χ2n) is 6.30. The topological polar surface area (TPSA) is 62.0 Å². The van der Waals surface area contributed by atoms with Gasteiger partial charge in [-0.2, -0.15) is 0 Å². The Morgan fingerprint density at radius 2 is 1.42 bits per heavy atom. The van der Waals surface area contributed by atoms with Crippen LogP contribution in [0.15, 0.2) is 35.4 Å². The summed E-state index contributed by atoms with van der Waals surface area (Å²) >= 11 is 0. The van der Waals surface area contributed by atoms with Crippen molar-refractivity contribution < 1.29 is 8.42 Å². The number of rotatable bonds is 3. The van der Waals surface area contributed by atoms with Gasteiger partial charge in [0.15, 0.2) is 0 Å². The lowest BCUT2D eigenvalue weighted by atomic mass is 9.95. The van der Waals surface area contributed by atoms with E-state index in [1.807, 2.05) is 52.8 Å². The molecule has 0 aliphatic rings. The van der Waals surface area contributed by atoms with Crippen molar-refractivity contribution in [2.75, 3.05) is 4.72 Å². The standard InChI is InChI=1S/C19H22N2O2S/c1-11-12(2)14(4)19(15(5)13(11)3)24(22,23)21-18-8-6-7-17-16(18)9-10-20-17/h6-10,20-21H,1-5H3. The molecule has 126 valence electrons.